The molecule has 4 rings (SSSR count). The van der Waals surface area contributed by atoms with Crippen molar-refractivity contribution < 1.29 is 23.8 Å². The number of fused-ring (bicyclic) bond motifs is 1. The van der Waals surface area contributed by atoms with Gasteiger partial charge in [0.05, 0.1) is 12.6 Å². The zero-order chi connectivity index (χ0) is 24.8. The van der Waals surface area contributed by atoms with Gasteiger partial charge in [0, 0.05) is 19.7 Å². The third-order valence-electron chi connectivity index (χ3n) is 4.72. The fourth-order valence-corrected chi connectivity index (χ4v) is 3.25. The number of imidazole rings is 1. The number of aromatic nitrogens is 5. The molecule has 176 valence electrons. The molecular formula is C21H21FN8O4. The van der Waals surface area contributed by atoms with Crippen LogP contribution in [-0.4, -0.2) is 56.4 Å². The zero-order valence-electron chi connectivity index (χ0n) is 18.2. The third kappa shape index (κ3) is 4.67. The van der Waals surface area contributed by atoms with Crippen molar-refractivity contribution in [2.75, 3.05) is 30.5 Å². The minimum absolute atomic E-state index is 0.0175. The molecule has 0 spiro atoms. The van der Waals surface area contributed by atoms with E-state index in [0.717, 1.165) is 4.90 Å². The molecule has 0 saturated carbocycles. The summed E-state index contributed by atoms with van der Waals surface area (Å²) in [6, 6.07) is 9.97. The Morgan fingerprint density at radius 2 is 1.82 bits per heavy atom. The van der Waals surface area contributed by atoms with Crippen LogP contribution in [-0.2, 0) is 16.0 Å². The van der Waals surface area contributed by atoms with Gasteiger partial charge in [-0.3, -0.25) is 9.69 Å². The Labute approximate surface area is 192 Å². The highest BCUT2D eigenvalue weighted by Crippen LogP contribution is 2.31. The van der Waals surface area contributed by atoms with Gasteiger partial charge in [-0.2, -0.15) is 5.10 Å². The van der Waals surface area contributed by atoms with Crippen LogP contribution in [0.4, 0.5) is 26.5 Å². The van der Waals surface area contributed by atoms with Gasteiger partial charge < -0.3 is 21.3 Å². The summed E-state index contributed by atoms with van der Waals surface area (Å²) in [5, 5.41) is 11.2. The molecule has 4 aromatic rings. The third-order valence-corrected chi connectivity index (χ3v) is 4.72. The number of carboxylic acid groups (broad SMARTS) is 1. The Morgan fingerprint density at radius 3 is 2.44 bits per heavy atom. The fraction of sp³-hybridized carbons (Fsp3) is 0.143. The number of carbonyl (C=O) groups is 2. The molecule has 3 aromatic heterocycles. The van der Waals surface area contributed by atoms with E-state index in [9.17, 15) is 9.18 Å². The number of ether oxygens (including phenoxy) is 1. The van der Waals surface area contributed by atoms with Gasteiger partial charge in [0.25, 0.3) is 6.47 Å². The van der Waals surface area contributed by atoms with Crippen LogP contribution >= 0.6 is 0 Å². The molecule has 0 saturated heterocycles. The van der Waals surface area contributed by atoms with E-state index >= 15 is 0 Å². The first-order chi connectivity index (χ1) is 16.3. The topological polar surface area (TPSA) is 175 Å². The van der Waals surface area contributed by atoms with E-state index in [1.54, 1.807) is 41.0 Å². The number of amides is 1. The van der Waals surface area contributed by atoms with E-state index in [-0.39, 0.29) is 41.9 Å². The number of anilines is 3. The lowest BCUT2D eigenvalue weighted by molar-refractivity contribution is -0.122. The molecule has 13 heteroatoms. The maximum atomic E-state index is 14.2. The molecule has 12 nitrogen and oxygen atoms in total. The molecule has 0 aliphatic heterocycles. The summed E-state index contributed by atoms with van der Waals surface area (Å²) in [7, 11) is 2.68. The predicted molar refractivity (Wildman–Crippen MR) is 122 cm³/mol. The molecule has 0 aliphatic carbocycles. The Kier molecular flexibility index (Phi) is 7.16. The van der Waals surface area contributed by atoms with Crippen LogP contribution in [0.3, 0.4) is 0 Å². The molecule has 3 heterocycles. The number of nitrogens with zero attached hydrogens (tertiary/aromatic N) is 6. The summed E-state index contributed by atoms with van der Waals surface area (Å²) < 4.78 is 20.4. The van der Waals surface area contributed by atoms with Crippen LogP contribution in [0.1, 0.15) is 11.4 Å². The second-order valence-electron chi connectivity index (χ2n) is 6.77. The summed E-state index contributed by atoms with van der Waals surface area (Å²) in [4.78, 5) is 34.5. The highest BCUT2D eigenvalue weighted by Gasteiger charge is 2.23. The van der Waals surface area contributed by atoms with Gasteiger partial charge in [0.15, 0.2) is 17.5 Å². The van der Waals surface area contributed by atoms with E-state index in [2.05, 4.69) is 24.8 Å². The Morgan fingerprint density at radius 1 is 1.18 bits per heavy atom. The summed E-state index contributed by atoms with van der Waals surface area (Å²) >= 11 is 0. The number of rotatable bonds is 4. The molecule has 0 bridgehead atoms. The van der Waals surface area contributed by atoms with E-state index < -0.39 is 6.09 Å². The Hall–Kier alpha value is -4.81. The minimum atomic E-state index is -0.668. The normalized spacial score (nSPS) is 10.3. The predicted octanol–water partition coefficient (Wildman–Crippen LogP) is 1.98. The highest BCUT2D eigenvalue weighted by molar-refractivity contribution is 5.94. The molecule has 0 unspecified atom stereocenters. The lowest BCUT2D eigenvalue weighted by Gasteiger charge is -2.18. The fourth-order valence-electron chi connectivity index (χ4n) is 3.25. The van der Waals surface area contributed by atoms with Crippen LogP contribution in [0, 0.1) is 5.82 Å². The maximum absolute atomic E-state index is 14.2. The molecule has 0 atom stereocenters. The summed E-state index contributed by atoms with van der Waals surface area (Å²) in [5.41, 5.74) is 13.7. The van der Waals surface area contributed by atoms with Gasteiger partial charge in [0.1, 0.15) is 23.0 Å². The van der Waals surface area contributed by atoms with Gasteiger partial charge in [-0.25, -0.2) is 28.7 Å². The van der Waals surface area contributed by atoms with Crippen molar-refractivity contribution in [2.45, 2.75) is 6.42 Å². The first kappa shape index (κ1) is 23.8. The van der Waals surface area contributed by atoms with Crippen LogP contribution in [0.5, 0.6) is 0 Å². The van der Waals surface area contributed by atoms with Crippen molar-refractivity contribution in [3.8, 4) is 11.5 Å². The number of methoxy groups -OCH3 is 1. The number of benzene rings is 1. The van der Waals surface area contributed by atoms with Crippen LogP contribution in [0.15, 0.2) is 42.6 Å². The van der Waals surface area contributed by atoms with Crippen molar-refractivity contribution in [1.82, 2.24) is 24.6 Å². The van der Waals surface area contributed by atoms with Crippen LogP contribution < -0.4 is 16.4 Å². The van der Waals surface area contributed by atoms with Crippen molar-refractivity contribution in [3.05, 3.63) is 59.8 Å². The van der Waals surface area contributed by atoms with E-state index in [0.29, 0.717) is 22.6 Å². The largest absolute Gasteiger partial charge is 0.483 e. The molecule has 0 aliphatic rings. The maximum Gasteiger partial charge on any atom is 0.413 e. The van der Waals surface area contributed by atoms with Crippen molar-refractivity contribution >= 4 is 35.4 Å². The number of hydrogen-bond acceptors (Lipinski definition) is 9. The Balaban J connectivity index is 0.00000103. The lowest BCUT2D eigenvalue weighted by Crippen LogP contribution is -2.28. The number of hydrogen-bond donors (Lipinski definition) is 3. The molecule has 1 amide bonds. The number of nitrogen functional groups attached to an aromatic ring is 2. The van der Waals surface area contributed by atoms with Crippen LogP contribution in [0.25, 0.3) is 17.0 Å². The summed E-state index contributed by atoms with van der Waals surface area (Å²) in [5.74, 6) is 0.276. The average molecular weight is 468 g/mol. The smallest absolute Gasteiger partial charge is 0.413 e. The first-order valence-electron chi connectivity index (χ1n) is 9.71. The lowest BCUT2D eigenvalue weighted by atomic mass is 10.1. The van der Waals surface area contributed by atoms with Gasteiger partial charge in [-0.05, 0) is 23.8 Å². The number of halogens is 1. The SMILES string of the molecule is COC(=O)N(C)c1c(N)nc(-c2nc(Cc3ccccc3F)n3ncccc23)nc1N.O=CO. The first-order valence-corrected chi connectivity index (χ1v) is 9.71. The van der Waals surface area contributed by atoms with E-state index in [1.807, 2.05) is 0 Å². The van der Waals surface area contributed by atoms with Gasteiger partial charge >= 0.3 is 6.09 Å². The van der Waals surface area contributed by atoms with Gasteiger partial charge in [-0.15, -0.1) is 0 Å². The van der Waals surface area contributed by atoms with Gasteiger partial charge in [-0.1, -0.05) is 18.2 Å². The molecular weight excluding hydrogens is 447 g/mol. The average Bonchev–Trinajstić information content (AvgIpc) is 3.18. The summed E-state index contributed by atoms with van der Waals surface area (Å²) in [6.45, 7) is -0.250. The van der Waals surface area contributed by atoms with Crippen molar-refractivity contribution in [2.24, 2.45) is 0 Å². The molecule has 1 aromatic carbocycles. The number of nitrogens with two attached hydrogens (primary N) is 2. The number of carbonyl (C=O) groups excluding carboxylic acids is 1. The molecule has 34 heavy (non-hydrogen) atoms. The van der Waals surface area contributed by atoms with Crippen LogP contribution in [0.2, 0.25) is 0 Å². The minimum Gasteiger partial charge on any atom is -0.483 e. The Bertz CT molecular complexity index is 1320. The van der Waals surface area contributed by atoms with Crippen molar-refractivity contribution in [3.63, 3.8) is 0 Å². The van der Waals surface area contributed by atoms with Gasteiger partial charge in [0.2, 0.25) is 0 Å². The zero-order valence-corrected chi connectivity index (χ0v) is 18.2. The second kappa shape index (κ2) is 10.2. The van der Waals surface area contributed by atoms with E-state index in [4.69, 9.17) is 21.4 Å². The monoisotopic (exact) mass is 468 g/mol. The molecule has 0 radical (unpaired) electrons. The summed E-state index contributed by atoms with van der Waals surface area (Å²) in [6.07, 6.45) is 1.14. The highest BCUT2D eigenvalue weighted by atomic mass is 19.1. The van der Waals surface area contributed by atoms with E-state index in [1.165, 1.54) is 20.2 Å². The van der Waals surface area contributed by atoms with Crippen molar-refractivity contribution in [1.29, 1.82) is 0 Å². The molecule has 0 fully saturated rings. The second-order valence-corrected chi connectivity index (χ2v) is 6.77. The quantitative estimate of drug-likeness (QED) is 0.376. The molecule has 5 N–H and O–H groups in total. The standard InChI is InChI=1S/C20H19FN8O2.CH2O2/c1-28(20(30)31-2)16-17(22)26-19(27-18(16)23)15-13-8-5-9-24-29(13)14(25-15)10-11-6-3-4-7-12(11)21;2-1-3/h3-9H,10H2,1-2H3,(H4,22,23,26,27);1H,(H,2,3).